The quantitative estimate of drug-likeness (QED) is 0.568. The maximum Gasteiger partial charge on any atom is 0.122 e. The van der Waals surface area contributed by atoms with Gasteiger partial charge in [-0.25, -0.2) is 0 Å². The van der Waals surface area contributed by atoms with E-state index in [-0.39, 0.29) is 0 Å². The normalized spacial score (nSPS) is 12.3. The van der Waals surface area contributed by atoms with E-state index in [1.54, 1.807) is 7.11 Å². The first-order valence-electron chi connectivity index (χ1n) is 8.28. The molecule has 126 valence electrons. The van der Waals surface area contributed by atoms with Crippen LogP contribution in [0.15, 0.2) is 24.3 Å². The molecule has 0 bridgehead atoms. The Hall–Kier alpha value is -1.10. The number of benzene rings is 1. The van der Waals surface area contributed by atoms with Gasteiger partial charge in [0.15, 0.2) is 0 Å². The van der Waals surface area contributed by atoms with Gasteiger partial charge >= 0.3 is 0 Å². The van der Waals surface area contributed by atoms with Crippen LogP contribution >= 0.6 is 0 Å². The molecule has 4 heteroatoms. The van der Waals surface area contributed by atoms with Crippen molar-refractivity contribution in [2.24, 2.45) is 0 Å². The summed E-state index contributed by atoms with van der Waals surface area (Å²) in [6.07, 6.45) is 2.15. The summed E-state index contributed by atoms with van der Waals surface area (Å²) in [6, 6.07) is 8.28. The highest BCUT2D eigenvalue weighted by atomic mass is 16.5. The van der Waals surface area contributed by atoms with Crippen LogP contribution in [0, 0.1) is 0 Å². The number of ether oxygens (including phenoxy) is 3. The van der Waals surface area contributed by atoms with Gasteiger partial charge in [-0.15, -0.1) is 0 Å². The zero-order valence-electron chi connectivity index (χ0n) is 14.3. The summed E-state index contributed by atoms with van der Waals surface area (Å²) in [5.74, 6) is 1.51. The van der Waals surface area contributed by atoms with Crippen LogP contribution in [0.5, 0.6) is 5.75 Å². The monoisotopic (exact) mass is 309 g/mol. The Morgan fingerprint density at radius 2 is 1.86 bits per heavy atom. The van der Waals surface area contributed by atoms with E-state index in [1.807, 2.05) is 12.1 Å². The van der Waals surface area contributed by atoms with Crippen LogP contribution in [0.3, 0.4) is 0 Å². The lowest BCUT2D eigenvalue weighted by molar-refractivity contribution is 0.101. The van der Waals surface area contributed by atoms with Crippen LogP contribution in [0.4, 0.5) is 0 Å². The summed E-state index contributed by atoms with van der Waals surface area (Å²) in [5.41, 5.74) is 1.28. The van der Waals surface area contributed by atoms with E-state index in [1.165, 1.54) is 5.56 Å². The van der Waals surface area contributed by atoms with Crippen molar-refractivity contribution in [3.05, 3.63) is 29.8 Å². The zero-order valence-corrected chi connectivity index (χ0v) is 14.3. The smallest absolute Gasteiger partial charge is 0.122 e. The molecule has 1 rings (SSSR count). The number of para-hydroxylation sites is 1. The first-order chi connectivity index (χ1) is 10.8. The fourth-order valence-electron chi connectivity index (χ4n) is 2.16. The van der Waals surface area contributed by atoms with Gasteiger partial charge in [0.2, 0.25) is 0 Å². The van der Waals surface area contributed by atoms with Gasteiger partial charge in [-0.3, -0.25) is 0 Å². The van der Waals surface area contributed by atoms with Crippen molar-refractivity contribution < 1.29 is 14.2 Å². The van der Waals surface area contributed by atoms with Gasteiger partial charge in [-0.05, 0) is 36.9 Å². The van der Waals surface area contributed by atoms with Gasteiger partial charge in [0.05, 0.1) is 13.2 Å². The molecule has 22 heavy (non-hydrogen) atoms. The third kappa shape index (κ3) is 7.78. The van der Waals surface area contributed by atoms with Crippen molar-refractivity contribution in [2.45, 2.75) is 32.6 Å². The highest BCUT2D eigenvalue weighted by molar-refractivity contribution is 5.35. The summed E-state index contributed by atoms with van der Waals surface area (Å²) in [6.45, 7) is 8.99. The molecule has 1 aromatic rings. The molecule has 0 unspecified atom stereocenters. The van der Waals surface area contributed by atoms with Crippen molar-refractivity contribution >= 4 is 0 Å². The highest BCUT2D eigenvalue weighted by Gasteiger charge is 2.08. The van der Waals surface area contributed by atoms with E-state index in [9.17, 15) is 0 Å². The van der Waals surface area contributed by atoms with E-state index >= 15 is 0 Å². The zero-order chi connectivity index (χ0) is 16.0. The Morgan fingerprint density at radius 1 is 1.05 bits per heavy atom. The molecule has 0 aliphatic heterocycles. The Morgan fingerprint density at radius 3 is 2.64 bits per heavy atom. The summed E-state index contributed by atoms with van der Waals surface area (Å²) < 4.78 is 16.4. The van der Waals surface area contributed by atoms with E-state index in [0.717, 1.165) is 38.3 Å². The van der Waals surface area contributed by atoms with Crippen molar-refractivity contribution in [1.29, 1.82) is 0 Å². The molecule has 0 fully saturated rings. The molecule has 0 heterocycles. The third-order valence-electron chi connectivity index (χ3n) is 3.67. The topological polar surface area (TPSA) is 39.7 Å². The first kappa shape index (κ1) is 18.9. The maximum atomic E-state index is 5.86. The second kappa shape index (κ2) is 12.4. The molecule has 0 radical (unpaired) electrons. The summed E-state index contributed by atoms with van der Waals surface area (Å²) in [7, 11) is 1.72. The predicted molar refractivity (Wildman–Crippen MR) is 90.8 cm³/mol. The lowest BCUT2D eigenvalue weighted by atomic mass is 9.98. The molecule has 0 aromatic heterocycles. The molecule has 0 amide bonds. The molecular formula is C18H31NO3. The second-order valence-corrected chi connectivity index (χ2v) is 5.40. The van der Waals surface area contributed by atoms with Crippen LogP contribution in [-0.2, 0) is 9.47 Å². The number of hydrogen-bond acceptors (Lipinski definition) is 4. The largest absolute Gasteiger partial charge is 0.491 e. The first-order valence-corrected chi connectivity index (χ1v) is 8.28. The minimum atomic E-state index is 0.522. The molecule has 0 saturated heterocycles. The number of nitrogens with one attached hydrogen (secondary N) is 1. The molecule has 0 saturated carbocycles. The average Bonchev–Trinajstić information content (AvgIpc) is 2.56. The molecular weight excluding hydrogens is 278 g/mol. The Kier molecular flexibility index (Phi) is 10.7. The summed E-state index contributed by atoms with van der Waals surface area (Å²) in [5, 5.41) is 3.31. The summed E-state index contributed by atoms with van der Waals surface area (Å²) >= 11 is 0. The van der Waals surface area contributed by atoms with Crippen molar-refractivity contribution in [1.82, 2.24) is 5.32 Å². The molecule has 0 spiro atoms. The van der Waals surface area contributed by atoms with E-state index < -0.39 is 0 Å². The Bertz CT molecular complexity index is 384. The van der Waals surface area contributed by atoms with Gasteiger partial charge in [0.1, 0.15) is 12.4 Å². The maximum absolute atomic E-state index is 5.86. The van der Waals surface area contributed by atoms with Crippen molar-refractivity contribution in [2.75, 3.05) is 46.6 Å². The van der Waals surface area contributed by atoms with Crippen LogP contribution in [0.25, 0.3) is 0 Å². The van der Waals surface area contributed by atoms with Gasteiger partial charge in [0, 0.05) is 20.3 Å². The summed E-state index contributed by atoms with van der Waals surface area (Å²) in [4.78, 5) is 0. The van der Waals surface area contributed by atoms with Crippen LogP contribution in [0.1, 0.15) is 38.2 Å². The molecule has 0 aliphatic carbocycles. The van der Waals surface area contributed by atoms with Crippen molar-refractivity contribution in [3.63, 3.8) is 0 Å². The van der Waals surface area contributed by atoms with E-state index in [0.29, 0.717) is 25.7 Å². The predicted octanol–water partition coefficient (Wildman–Crippen LogP) is 3.22. The number of hydrogen-bond donors (Lipinski definition) is 1. The SMILES string of the molecule is CC[C@H](C)c1ccccc1OCCOCCNCCCOC. The van der Waals surface area contributed by atoms with Crippen molar-refractivity contribution in [3.8, 4) is 5.75 Å². The van der Waals surface area contributed by atoms with Gasteiger partial charge in [0.25, 0.3) is 0 Å². The van der Waals surface area contributed by atoms with E-state index in [4.69, 9.17) is 14.2 Å². The minimum absolute atomic E-state index is 0.522. The Labute approximate surface area is 135 Å². The third-order valence-corrected chi connectivity index (χ3v) is 3.67. The lowest BCUT2D eigenvalue weighted by Gasteiger charge is -2.15. The van der Waals surface area contributed by atoms with Gasteiger partial charge < -0.3 is 19.5 Å². The van der Waals surface area contributed by atoms with Crippen LogP contribution in [-0.4, -0.2) is 46.6 Å². The second-order valence-electron chi connectivity index (χ2n) is 5.40. The molecule has 4 nitrogen and oxygen atoms in total. The Balaban J connectivity index is 2.10. The van der Waals surface area contributed by atoms with Gasteiger partial charge in [-0.2, -0.15) is 0 Å². The van der Waals surface area contributed by atoms with Gasteiger partial charge in [-0.1, -0.05) is 32.0 Å². The molecule has 0 aliphatic rings. The lowest BCUT2D eigenvalue weighted by Crippen LogP contribution is -2.22. The number of methoxy groups -OCH3 is 1. The molecule has 1 N–H and O–H groups in total. The molecule has 1 aromatic carbocycles. The van der Waals surface area contributed by atoms with Crippen LogP contribution in [0.2, 0.25) is 0 Å². The fraction of sp³-hybridized carbons (Fsp3) is 0.667. The van der Waals surface area contributed by atoms with E-state index in [2.05, 4.69) is 31.3 Å². The minimum Gasteiger partial charge on any atom is -0.491 e. The standard InChI is InChI=1S/C18H31NO3/c1-4-16(2)17-8-5-6-9-18(17)22-15-14-21-13-11-19-10-7-12-20-3/h5-6,8-9,16,19H,4,7,10-15H2,1-3H3/t16-/m0/s1. The highest BCUT2D eigenvalue weighted by Crippen LogP contribution is 2.28. The number of rotatable bonds is 13. The van der Waals surface area contributed by atoms with Crippen LogP contribution < -0.4 is 10.1 Å². The molecule has 1 atom stereocenters. The fourth-order valence-corrected chi connectivity index (χ4v) is 2.16. The average molecular weight is 309 g/mol.